The summed E-state index contributed by atoms with van der Waals surface area (Å²) in [6, 6.07) is 4.76. The summed E-state index contributed by atoms with van der Waals surface area (Å²) in [4.78, 5) is 12.7. The molecule has 0 radical (unpaired) electrons. The van der Waals surface area contributed by atoms with E-state index in [9.17, 15) is 5.26 Å². The number of pyridine rings is 1. The van der Waals surface area contributed by atoms with Crippen molar-refractivity contribution >= 4 is 11.0 Å². The Labute approximate surface area is 146 Å². The van der Waals surface area contributed by atoms with Crippen molar-refractivity contribution in [1.82, 2.24) is 19.5 Å². The number of nitrogens with zero attached hydrogens (tertiary/aromatic N) is 4. The van der Waals surface area contributed by atoms with Crippen LogP contribution >= 0.6 is 0 Å². The van der Waals surface area contributed by atoms with E-state index in [1.807, 2.05) is 6.20 Å². The maximum absolute atomic E-state index is 9.44. The summed E-state index contributed by atoms with van der Waals surface area (Å²) in [5.74, 6) is 1.64. The van der Waals surface area contributed by atoms with E-state index in [1.54, 1.807) is 0 Å². The summed E-state index contributed by atoms with van der Waals surface area (Å²) < 4.78 is 2.39. The highest BCUT2D eigenvalue weighted by atomic mass is 15.1. The van der Waals surface area contributed by atoms with E-state index in [4.69, 9.17) is 4.98 Å². The molecule has 1 unspecified atom stereocenters. The van der Waals surface area contributed by atoms with Crippen LogP contribution in [-0.2, 0) is 6.42 Å². The zero-order chi connectivity index (χ0) is 17.0. The van der Waals surface area contributed by atoms with E-state index in [0.717, 1.165) is 23.6 Å². The number of H-pyrrole nitrogens is 1. The summed E-state index contributed by atoms with van der Waals surface area (Å²) >= 11 is 0. The highest BCUT2D eigenvalue weighted by molar-refractivity contribution is 5.97. The van der Waals surface area contributed by atoms with Gasteiger partial charge in [0.2, 0.25) is 0 Å². The zero-order valence-corrected chi connectivity index (χ0v) is 14.4. The van der Waals surface area contributed by atoms with Gasteiger partial charge in [0.15, 0.2) is 0 Å². The van der Waals surface area contributed by atoms with Crippen LogP contribution in [0.4, 0.5) is 0 Å². The van der Waals surface area contributed by atoms with E-state index in [-0.39, 0.29) is 6.04 Å². The molecule has 3 heterocycles. The fourth-order valence-corrected chi connectivity index (χ4v) is 4.96. The number of nitrogens with one attached hydrogen (secondary N) is 1. The highest BCUT2D eigenvalue weighted by Gasteiger charge is 2.33. The Morgan fingerprint density at radius 2 is 2.24 bits per heavy atom. The predicted octanol–water partition coefficient (Wildman–Crippen LogP) is 4.28. The Morgan fingerprint density at radius 3 is 3.04 bits per heavy atom. The summed E-state index contributed by atoms with van der Waals surface area (Å²) in [6.45, 7) is 2.09. The molecule has 1 atom stereocenters. The molecule has 126 valence electrons. The van der Waals surface area contributed by atoms with Crippen molar-refractivity contribution < 1.29 is 0 Å². The minimum absolute atomic E-state index is 0.251. The Kier molecular flexibility index (Phi) is 3.21. The van der Waals surface area contributed by atoms with Gasteiger partial charge in [-0.05, 0) is 37.3 Å². The van der Waals surface area contributed by atoms with Crippen LogP contribution in [0.5, 0.6) is 0 Å². The molecule has 5 heteroatoms. The van der Waals surface area contributed by atoms with E-state index in [1.165, 1.54) is 47.9 Å². The largest absolute Gasteiger partial charge is 0.346 e. The van der Waals surface area contributed by atoms with Crippen LogP contribution in [-0.4, -0.2) is 19.5 Å². The molecule has 3 aromatic rings. The lowest BCUT2D eigenvalue weighted by atomic mass is 9.92. The maximum Gasteiger partial charge on any atom is 0.138 e. The molecule has 3 aromatic heterocycles. The third-order valence-corrected chi connectivity index (χ3v) is 6.03. The van der Waals surface area contributed by atoms with Gasteiger partial charge in [-0.1, -0.05) is 12.8 Å². The van der Waals surface area contributed by atoms with E-state index in [0.29, 0.717) is 12.3 Å². The quantitative estimate of drug-likeness (QED) is 0.609. The molecule has 1 N–H and O–H groups in total. The molecule has 0 aromatic carbocycles. The van der Waals surface area contributed by atoms with Crippen LogP contribution in [0.15, 0.2) is 18.5 Å². The van der Waals surface area contributed by atoms with Crippen molar-refractivity contribution in [1.29, 1.82) is 5.26 Å². The molecule has 0 bridgehead atoms. The molecule has 25 heavy (non-hydrogen) atoms. The molecule has 0 amide bonds. The standard InChI is InChI=1S/C20H21N5/c1-12-24-19-15-7-9-22-20-18(15)14(11-23-20)10-17(19)25(12)16(6-8-21)13-4-2-3-5-13/h7,9,11,13,16H,2-6,10H2,1H3,(H,22,23). The molecule has 5 rings (SSSR count). The van der Waals surface area contributed by atoms with Crippen molar-refractivity contribution in [2.75, 3.05) is 0 Å². The summed E-state index contributed by atoms with van der Waals surface area (Å²) in [5, 5.41) is 10.6. The lowest BCUT2D eigenvalue weighted by Crippen LogP contribution is -2.21. The van der Waals surface area contributed by atoms with Gasteiger partial charge in [-0.25, -0.2) is 9.97 Å². The van der Waals surface area contributed by atoms with Gasteiger partial charge in [-0.2, -0.15) is 5.26 Å². The number of nitriles is 1. The third kappa shape index (κ3) is 2.07. The van der Waals surface area contributed by atoms with E-state index >= 15 is 0 Å². The molecule has 2 aliphatic carbocycles. The lowest BCUT2D eigenvalue weighted by molar-refractivity contribution is 0.329. The fraction of sp³-hybridized carbons (Fsp3) is 0.450. The zero-order valence-electron chi connectivity index (χ0n) is 14.4. The van der Waals surface area contributed by atoms with Gasteiger partial charge in [-0.3, -0.25) is 0 Å². The van der Waals surface area contributed by atoms with Crippen molar-refractivity contribution in [3.8, 4) is 17.3 Å². The molecule has 0 saturated heterocycles. The van der Waals surface area contributed by atoms with E-state index < -0.39 is 0 Å². The molecule has 0 spiro atoms. The monoisotopic (exact) mass is 331 g/mol. The SMILES string of the molecule is Cc1nc2c(n1C(CC#N)C1CCCC1)Cc1c[nH]c3nccc-2c13. The number of imidazole rings is 1. The summed E-state index contributed by atoms with van der Waals surface area (Å²) in [5.41, 5.74) is 5.75. The highest BCUT2D eigenvalue weighted by Crippen LogP contribution is 2.43. The van der Waals surface area contributed by atoms with Gasteiger partial charge >= 0.3 is 0 Å². The number of aromatic amines is 1. The first-order valence-electron chi connectivity index (χ1n) is 9.18. The average molecular weight is 331 g/mol. The molecule has 1 fully saturated rings. The molecular formula is C20H21N5. The van der Waals surface area contributed by atoms with Crippen LogP contribution < -0.4 is 0 Å². The van der Waals surface area contributed by atoms with Crippen LogP contribution in [0.2, 0.25) is 0 Å². The first-order valence-corrected chi connectivity index (χ1v) is 9.18. The van der Waals surface area contributed by atoms with Crippen molar-refractivity contribution in [2.24, 2.45) is 5.92 Å². The Morgan fingerprint density at radius 1 is 1.40 bits per heavy atom. The van der Waals surface area contributed by atoms with Gasteiger partial charge in [-0.15, -0.1) is 0 Å². The van der Waals surface area contributed by atoms with Crippen molar-refractivity contribution in [3.05, 3.63) is 35.5 Å². The van der Waals surface area contributed by atoms with Gasteiger partial charge in [0.05, 0.1) is 29.9 Å². The Balaban J connectivity index is 1.70. The second kappa shape index (κ2) is 5.45. The van der Waals surface area contributed by atoms with Gasteiger partial charge in [0.1, 0.15) is 11.5 Å². The minimum atomic E-state index is 0.251. The smallest absolute Gasteiger partial charge is 0.138 e. The molecule has 2 aliphatic rings. The number of aromatic nitrogens is 4. The molecular weight excluding hydrogens is 310 g/mol. The van der Waals surface area contributed by atoms with Gasteiger partial charge in [0.25, 0.3) is 0 Å². The predicted molar refractivity (Wildman–Crippen MR) is 96.1 cm³/mol. The Hall–Kier alpha value is -2.61. The van der Waals surface area contributed by atoms with Crippen LogP contribution in [0.1, 0.15) is 55.2 Å². The van der Waals surface area contributed by atoms with Crippen LogP contribution in [0.25, 0.3) is 22.3 Å². The first-order chi connectivity index (χ1) is 12.3. The number of hydrogen-bond acceptors (Lipinski definition) is 3. The fourth-order valence-electron chi connectivity index (χ4n) is 4.96. The molecule has 1 saturated carbocycles. The topological polar surface area (TPSA) is 70.3 Å². The van der Waals surface area contributed by atoms with E-state index in [2.05, 4.69) is 39.8 Å². The van der Waals surface area contributed by atoms with Crippen molar-refractivity contribution in [3.63, 3.8) is 0 Å². The maximum atomic E-state index is 9.44. The summed E-state index contributed by atoms with van der Waals surface area (Å²) in [7, 11) is 0. The summed E-state index contributed by atoms with van der Waals surface area (Å²) in [6.07, 6.45) is 10.4. The molecule has 5 nitrogen and oxygen atoms in total. The van der Waals surface area contributed by atoms with Gasteiger partial charge < -0.3 is 9.55 Å². The van der Waals surface area contributed by atoms with Gasteiger partial charge in [0, 0.05) is 29.8 Å². The second-order valence-electron chi connectivity index (χ2n) is 7.37. The third-order valence-electron chi connectivity index (χ3n) is 6.03. The second-order valence-corrected chi connectivity index (χ2v) is 7.37. The Bertz CT molecular complexity index is 997. The number of aryl methyl sites for hydroxylation is 1. The number of rotatable bonds is 3. The number of hydrogen-bond donors (Lipinski definition) is 1. The van der Waals surface area contributed by atoms with Crippen LogP contribution in [0, 0.1) is 24.2 Å². The normalized spacial score (nSPS) is 17.6. The molecule has 0 aliphatic heterocycles. The minimum Gasteiger partial charge on any atom is -0.346 e. The van der Waals surface area contributed by atoms with Crippen LogP contribution in [0.3, 0.4) is 0 Å². The lowest BCUT2D eigenvalue weighted by Gasteiger charge is -2.27. The first kappa shape index (κ1) is 14.7. The van der Waals surface area contributed by atoms with Crippen molar-refractivity contribution in [2.45, 2.75) is 51.5 Å². The average Bonchev–Trinajstić information content (AvgIpc) is 3.34. The number of fused-ring (bicyclic) bond motifs is 2.